The minimum Gasteiger partial charge on any atom is -0.329 e. The highest BCUT2D eigenvalue weighted by atomic mass is 15.3. The van der Waals surface area contributed by atoms with E-state index >= 15 is 0 Å². The average molecular weight is 270 g/mol. The van der Waals surface area contributed by atoms with Crippen LogP contribution in [0.3, 0.4) is 0 Å². The summed E-state index contributed by atoms with van der Waals surface area (Å²) in [5.74, 6) is 0.687. The van der Waals surface area contributed by atoms with E-state index in [1.807, 2.05) is 0 Å². The maximum absolute atomic E-state index is 6.19. The second-order valence-corrected chi connectivity index (χ2v) is 7.04. The van der Waals surface area contributed by atoms with Crippen LogP contribution in [0.25, 0.3) is 0 Å². The average Bonchev–Trinajstić information content (AvgIpc) is 2.61. The second kappa shape index (κ2) is 7.02. The van der Waals surface area contributed by atoms with Crippen LogP contribution in [0.4, 0.5) is 0 Å². The summed E-state index contributed by atoms with van der Waals surface area (Å²) in [6, 6.07) is 0.637. The van der Waals surface area contributed by atoms with Gasteiger partial charge in [0, 0.05) is 44.3 Å². The summed E-state index contributed by atoms with van der Waals surface area (Å²) < 4.78 is 0. The third-order valence-electron chi connectivity index (χ3n) is 4.42. The van der Waals surface area contributed by atoms with Crippen LogP contribution in [0, 0.1) is 5.92 Å². The number of rotatable bonds is 7. The number of nitrogens with two attached hydrogens (primary N) is 1. The molecule has 0 aromatic heterocycles. The van der Waals surface area contributed by atoms with E-state index < -0.39 is 0 Å². The van der Waals surface area contributed by atoms with E-state index in [4.69, 9.17) is 5.73 Å². The molecule has 2 unspecified atom stereocenters. The van der Waals surface area contributed by atoms with Crippen LogP contribution in [0.1, 0.15) is 27.2 Å². The molecule has 2 N–H and O–H groups in total. The predicted octanol–water partition coefficient (Wildman–Crippen LogP) is 0.928. The minimum absolute atomic E-state index is 0.175. The lowest BCUT2D eigenvalue weighted by Gasteiger charge is -2.42. The van der Waals surface area contributed by atoms with Crippen LogP contribution in [0.15, 0.2) is 0 Å². The van der Waals surface area contributed by atoms with E-state index in [1.165, 1.54) is 6.42 Å². The van der Waals surface area contributed by atoms with Gasteiger partial charge in [-0.2, -0.15) is 0 Å². The van der Waals surface area contributed by atoms with Crippen molar-refractivity contribution in [1.29, 1.82) is 0 Å². The molecule has 4 heteroatoms. The standard InChI is InChI=1S/C15H34N4/c1-13(2)10-19(8-7-17(4)5)15(11-16)9-14(3)18(6)12-15/h13-14H,7-12,16H2,1-6H3. The predicted molar refractivity (Wildman–Crippen MR) is 83.5 cm³/mol. The first-order valence-corrected chi connectivity index (χ1v) is 7.61. The Morgan fingerprint density at radius 3 is 2.32 bits per heavy atom. The van der Waals surface area contributed by atoms with Crippen LogP contribution in [-0.4, -0.2) is 80.1 Å². The van der Waals surface area contributed by atoms with Gasteiger partial charge in [-0.3, -0.25) is 4.90 Å². The normalized spacial score (nSPS) is 29.1. The molecule has 1 saturated heterocycles. The molecule has 0 aromatic rings. The summed E-state index contributed by atoms with van der Waals surface area (Å²) in [6.45, 7) is 12.1. The molecule has 114 valence electrons. The van der Waals surface area contributed by atoms with Gasteiger partial charge < -0.3 is 15.5 Å². The molecule has 0 aromatic carbocycles. The maximum Gasteiger partial charge on any atom is 0.0473 e. The van der Waals surface area contributed by atoms with Crippen molar-refractivity contribution in [3.05, 3.63) is 0 Å². The van der Waals surface area contributed by atoms with Gasteiger partial charge in [0.05, 0.1) is 0 Å². The maximum atomic E-state index is 6.19. The van der Waals surface area contributed by atoms with Gasteiger partial charge in [-0.25, -0.2) is 0 Å². The molecule has 0 bridgehead atoms. The van der Waals surface area contributed by atoms with E-state index in [2.05, 4.69) is 56.6 Å². The van der Waals surface area contributed by atoms with Crippen LogP contribution >= 0.6 is 0 Å². The highest BCUT2D eigenvalue weighted by Gasteiger charge is 2.43. The minimum atomic E-state index is 0.175. The van der Waals surface area contributed by atoms with Gasteiger partial charge in [0.1, 0.15) is 0 Å². The molecular formula is C15H34N4. The third-order valence-corrected chi connectivity index (χ3v) is 4.42. The Labute approximate surface area is 119 Å². The summed E-state index contributed by atoms with van der Waals surface area (Å²) >= 11 is 0. The Hall–Kier alpha value is -0.160. The van der Waals surface area contributed by atoms with Crippen molar-refractivity contribution in [1.82, 2.24) is 14.7 Å². The molecule has 19 heavy (non-hydrogen) atoms. The molecule has 1 aliphatic heterocycles. The fourth-order valence-electron chi connectivity index (χ4n) is 3.18. The monoisotopic (exact) mass is 270 g/mol. The zero-order chi connectivity index (χ0) is 14.6. The highest BCUT2D eigenvalue weighted by molar-refractivity contribution is 5.02. The largest absolute Gasteiger partial charge is 0.329 e. The Bertz CT molecular complexity index is 255. The van der Waals surface area contributed by atoms with Crippen molar-refractivity contribution in [3.63, 3.8) is 0 Å². The molecule has 0 spiro atoms. The van der Waals surface area contributed by atoms with Crippen molar-refractivity contribution in [2.24, 2.45) is 11.7 Å². The van der Waals surface area contributed by atoms with Crippen molar-refractivity contribution in [2.75, 3.05) is 53.9 Å². The molecular weight excluding hydrogens is 236 g/mol. The van der Waals surface area contributed by atoms with Gasteiger partial charge in [-0.15, -0.1) is 0 Å². The van der Waals surface area contributed by atoms with Crippen molar-refractivity contribution in [3.8, 4) is 0 Å². The second-order valence-electron chi connectivity index (χ2n) is 7.04. The van der Waals surface area contributed by atoms with Gasteiger partial charge in [0.15, 0.2) is 0 Å². The molecule has 1 fully saturated rings. The molecule has 0 amide bonds. The fourth-order valence-corrected chi connectivity index (χ4v) is 3.18. The molecule has 1 heterocycles. The molecule has 1 aliphatic rings. The van der Waals surface area contributed by atoms with Gasteiger partial charge in [-0.1, -0.05) is 13.8 Å². The van der Waals surface area contributed by atoms with Crippen molar-refractivity contribution in [2.45, 2.75) is 38.8 Å². The zero-order valence-corrected chi connectivity index (χ0v) is 13.8. The lowest BCUT2D eigenvalue weighted by Crippen LogP contribution is -2.57. The summed E-state index contributed by atoms with van der Waals surface area (Å²) in [6.07, 6.45) is 1.19. The van der Waals surface area contributed by atoms with E-state index in [9.17, 15) is 0 Å². The van der Waals surface area contributed by atoms with Gasteiger partial charge >= 0.3 is 0 Å². The summed E-state index contributed by atoms with van der Waals surface area (Å²) in [5, 5.41) is 0. The Morgan fingerprint density at radius 1 is 1.32 bits per heavy atom. The first-order valence-electron chi connectivity index (χ1n) is 7.61. The summed E-state index contributed by atoms with van der Waals surface area (Å²) in [5.41, 5.74) is 6.37. The van der Waals surface area contributed by atoms with E-state index in [0.29, 0.717) is 12.0 Å². The van der Waals surface area contributed by atoms with Gasteiger partial charge in [0.25, 0.3) is 0 Å². The first-order chi connectivity index (χ1) is 8.80. The Morgan fingerprint density at radius 2 is 1.95 bits per heavy atom. The van der Waals surface area contributed by atoms with E-state index in [1.54, 1.807) is 0 Å². The molecule has 4 nitrogen and oxygen atoms in total. The molecule has 2 atom stereocenters. The van der Waals surface area contributed by atoms with Crippen LogP contribution < -0.4 is 5.73 Å². The molecule has 0 radical (unpaired) electrons. The number of hydrogen-bond acceptors (Lipinski definition) is 4. The number of likely N-dealkylation sites (N-methyl/N-ethyl adjacent to an activating group) is 2. The Kier molecular flexibility index (Phi) is 6.24. The quantitative estimate of drug-likeness (QED) is 0.746. The lowest BCUT2D eigenvalue weighted by atomic mass is 9.92. The van der Waals surface area contributed by atoms with Gasteiger partial charge in [-0.05, 0) is 40.4 Å². The molecule has 0 aliphatic carbocycles. The van der Waals surface area contributed by atoms with Crippen LogP contribution in [0.5, 0.6) is 0 Å². The smallest absolute Gasteiger partial charge is 0.0473 e. The fraction of sp³-hybridized carbons (Fsp3) is 1.00. The third kappa shape index (κ3) is 4.42. The SMILES string of the molecule is CC(C)CN(CCN(C)C)C1(CN)CC(C)N(C)C1. The lowest BCUT2D eigenvalue weighted by molar-refractivity contribution is 0.0801. The summed E-state index contributed by atoms with van der Waals surface area (Å²) in [4.78, 5) is 7.37. The highest BCUT2D eigenvalue weighted by Crippen LogP contribution is 2.31. The van der Waals surface area contributed by atoms with Crippen molar-refractivity contribution >= 4 is 0 Å². The van der Waals surface area contributed by atoms with Crippen LogP contribution in [-0.2, 0) is 0 Å². The van der Waals surface area contributed by atoms with E-state index in [-0.39, 0.29) is 5.54 Å². The summed E-state index contributed by atoms with van der Waals surface area (Å²) in [7, 11) is 6.51. The van der Waals surface area contributed by atoms with Crippen molar-refractivity contribution < 1.29 is 0 Å². The van der Waals surface area contributed by atoms with Crippen LogP contribution in [0.2, 0.25) is 0 Å². The van der Waals surface area contributed by atoms with E-state index in [0.717, 1.165) is 32.7 Å². The first kappa shape index (κ1) is 16.9. The molecule has 0 saturated carbocycles. The zero-order valence-electron chi connectivity index (χ0n) is 13.8. The number of likely N-dealkylation sites (tertiary alicyclic amines) is 1. The molecule has 1 rings (SSSR count). The van der Waals surface area contributed by atoms with Gasteiger partial charge in [0.2, 0.25) is 0 Å². The Balaban J connectivity index is 2.80. The number of hydrogen-bond donors (Lipinski definition) is 1. The number of nitrogens with zero attached hydrogens (tertiary/aromatic N) is 3. The topological polar surface area (TPSA) is 35.7 Å².